The van der Waals surface area contributed by atoms with E-state index < -0.39 is 15.9 Å². The number of carbonyl (C=O) groups is 1. The number of carbonyl (C=O) groups excluding carboxylic acids is 1. The number of primary amides is 1. The van der Waals surface area contributed by atoms with Gasteiger partial charge in [0.05, 0.1) is 21.7 Å². The van der Waals surface area contributed by atoms with Gasteiger partial charge in [-0.15, -0.1) is 0 Å². The van der Waals surface area contributed by atoms with E-state index in [1.807, 2.05) is 0 Å². The number of aromatic amines is 1. The Balaban J connectivity index is 1.62. The van der Waals surface area contributed by atoms with Gasteiger partial charge in [-0.25, -0.2) is 9.97 Å². The fourth-order valence-corrected chi connectivity index (χ4v) is 4.27. The lowest BCUT2D eigenvalue weighted by Gasteiger charge is -2.09. The fraction of sp³-hybridized carbons (Fsp3) is 0. The maximum absolute atomic E-state index is 12.6. The summed E-state index contributed by atoms with van der Waals surface area (Å²) in [6, 6.07) is 12.2. The first-order chi connectivity index (χ1) is 14.2. The fourth-order valence-electron chi connectivity index (χ4n) is 2.75. The number of fused-ring (bicyclic) bond motifs is 1. The van der Waals surface area contributed by atoms with E-state index in [4.69, 9.17) is 28.9 Å². The summed E-state index contributed by atoms with van der Waals surface area (Å²) in [6.45, 7) is 0. The molecule has 0 aliphatic heterocycles. The molecule has 2 aromatic heterocycles. The van der Waals surface area contributed by atoms with Crippen molar-refractivity contribution in [3.63, 3.8) is 0 Å². The first kappa shape index (κ1) is 20.1. The summed E-state index contributed by atoms with van der Waals surface area (Å²) >= 11 is 11.9. The van der Waals surface area contributed by atoms with Crippen molar-refractivity contribution in [3.05, 3.63) is 70.3 Å². The molecule has 0 radical (unpaired) electrons. The molecule has 0 atom stereocenters. The molecule has 0 saturated heterocycles. The van der Waals surface area contributed by atoms with Crippen molar-refractivity contribution in [2.75, 3.05) is 4.72 Å². The molecule has 0 saturated carbocycles. The number of imidazole rings is 1. The molecule has 0 spiro atoms. The Hall–Kier alpha value is -3.14. The minimum absolute atomic E-state index is 0.167. The average Bonchev–Trinajstić information content (AvgIpc) is 3.13. The van der Waals surface area contributed by atoms with E-state index in [-0.39, 0.29) is 15.7 Å². The molecule has 8 nitrogen and oxygen atoms in total. The van der Waals surface area contributed by atoms with Crippen molar-refractivity contribution in [3.8, 4) is 11.4 Å². The van der Waals surface area contributed by atoms with Gasteiger partial charge in [-0.3, -0.25) is 9.52 Å². The van der Waals surface area contributed by atoms with Crippen molar-refractivity contribution in [1.29, 1.82) is 0 Å². The Morgan fingerprint density at radius 3 is 2.53 bits per heavy atom. The zero-order valence-electron chi connectivity index (χ0n) is 15.1. The van der Waals surface area contributed by atoms with Crippen molar-refractivity contribution in [1.82, 2.24) is 15.0 Å². The van der Waals surface area contributed by atoms with Crippen LogP contribution in [0, 0.1) is 0 Å². The Morgan fingerprint density at radius 1 is 1.07 bits per heavy atom. The topological polar surface area (TPSA) is 131 Å². The van der Waals surface area contributed by atoms with Crippen LogP contribution in [0.15, 0.2) is 59.8 Å². The van der Waals surface area contributed by atoms with E-state index in [9.17, 15) is 13.2 Å². The minimum Gasteiger partial charge on any atom is -0.366 e. The smallest absolute Gasteiger partial charge is 0.279 e. The summed E-state index contributed by atoms with van der Waals surface area (Å²) in [7, 11) is -3.96. The number of hydrogen-bond donors (Lipinski definition) is 3. The highest BCUT2D eigenvalue weighted by Gasteiger charge is 2.18. The zero-order valence-corrected chi connectivity index (χ0v) is 17.4. The van der Waals surface area contributed by atoms with Gasteiger partial charge in [0.1, 0.15) is 5.82 Å². The van der Waals surface area contributed by atoms with Crippen LogP contribution in [-0.2, 0) is 10.0 Å². The first-order valence-corrected chi connectivity index (χ1v) is 10.7. The van der Waals surface area contributed by atoms with Crippen molar-refractivity contribution >= 4 is 55.9 Å². The summed E-state index contributed by atoms with van der Waals surface area (Å²) in [4.78, 5) is 22.8. The van der Waals surface area contributed by atoms with Crippen LogP contribution < -0.4 is 10.5 Å². The molecule has 11 heteroatoms. The van der Waals surface area contributed by atoms with Gasteiger partial charge in [0, 0.05) is 22.3 Å². The number of sulfonamides is 1. The van der Waals surface area contributed by atoms with E-state index in [2.05, 4.69) is 19.7 Å². The normalized spacial score (nSPS) is 11.5. The number of halogens is 2. The molecule has 4 rings (SSSR count). The molecule has 0 bridgehead atoms. The number of aromatic nitrogens is 3. The summed E-state index contributed by atoms with van der Waals surface area (Å²) in [6.07, 6.45) is 1.38. The average molecular weight is 462 g/mol. The van der Waals surface area contributed by atoms with Gasteiger partial charge in [0.15, 0.2) is 5.03 Å². The van der Waals surface area contributed by atoms with Crippen molar-refractivity contribution < 1.29 is 13.2 Å². The largest absolute Gasteiger partial charge is 0.366 e. The number of hydrogen-bond acceptors (Lipinski definition) is 5. The second-order valence-corrected chi connectivity index (χ2v) is 8.77. The van der Waals surface area contributed by atoms with E-state index >= 15 is 0 Å². The van der Waals surface area contributed by atoms with Crippen molar-refractivity contribution in [2.24, 2.45) is 5.73 Å². The first-order valence-electron chi connectivity index (χ1n) is 8.47. The zero-order chi connectivity index (χ0) is 21.5. The van der Waals surface area contributed by atoms with Gasteiger partial charge >= 0.3 is 0 Å². The monoisotopic (exact) mass is 461 g/mol. The minimum atomic E-state index is -3.96. The van der Waals surface area contributed by atoms with Gasteiger partial charge < -0.3 is 10.7 Å². The van der Waals surface area contributed by atoms with E-state index in [1.54, 1.807) is 24.3 Å². The number of amides is 1. The summed E-state index contributed by atoms with van der Waals surface area (Å²) in [5.41, 5.74) is 7.65. The lowest BCUT2D eigenvalue weighted by atomic mass is 10.2. The molecule has 0 fully saturated rings. The quantitative estimate of drug-likeness (QED) is 0.415. The molecule has 2 heterocycles. The van der Waals surface area contributed by atoms with Crippen LogP contribution in [0.1, 0.15) is 10.4 Å². The number of anilines is 1. The van der Waals surface area contributed by atoms with E-state index in [0.717, 1.165) is 0 Å². The highest BCUT2D eigenvalue weighted by molar-refractivity contribution is 7.92. The van der Waals surface area contributed by atoms with Crippen LogP contribution in [0.4, 0.5) is 5.69 Å². The second-order valence-electron chi connectivity index (χ2n) is 6.30. The summed E-state index contributed by atoms with van der Waals surface area (Å²) in [5, 5.41) is 0.365. The molecule has 0 aliphatic carbocycles. The lowest BCUT2D eigenvalue weighted by molar-refractivity contribution is 0.100. The summed E-state index contributed by atoms with van der Waals surface area (Å²) < 4.78 is 27.6. The molecule has 152 valence electrons. The molecule has 2 aromatic carbocycles. The van der Waals surface area contributed by atoms with Gasteiger partial charge in [0.25, 0.3) is 10.0 Å². The highest BCUT2D eigenvalue weighted by atomic mass is 35.5. The second kappa shape index (κ2) is 7.60. The van der Waals surface area contributed by atoms with Crippen LogP contribution in [-0.4, -0.2) is 29.3 Å². The number of benzene rings is 2. The van der Waals surface area contributed by atoms with Gasteiger partial charge in [0.2, 0.25) is 5.91 Å². The molecule has 4 N–H and O–H groups in total. The van der Waals surface area contributed by atoms with Crippen molar-refractivity contribution in [2.45, 2.75) is 5.03 Å². The number of nitrogens with one attached hydrogen (secondary N) is 2. The maximum Gasteiger partial charge on any atom is 0.279 e. The van der Waals surface area contributed by atoms with E-state index in [0.29, 0.717) is 33.0 Å². The Kier molecular flexibility index (Phi) is 5.10. The van der Waals surface area contributed by atoms with Crippen LogP contribution in [0.2, 0.25) is 10.0 Å². The Morgan fingerprint density at radius 2 is 1.87 bits per heavy atom. The third kappa shape index (κ3) is 3.95. The van der Waals surface area contributed by atoms with Gasteiger partial charge in [-0.1, -0.05) is 23.2 Å². The van der Waals surface area contributed by atoms with Crippen LogP contribution >= 0.6 is 23.2 Å². The number of nitrogens with two attached hydrogens (primary N) is 1. The molecule has 4 aromatic rings. The summed E-state index contributed by atoms with van der Waals surface area (Å²) in [5.74, 6) is -0.0747. The number of H-pyrrole nitrogens is 1. The van der Waals surface area contributed by atoms with Crippen LogP contribution in [0.25, 0.3) is 22.4 Å². The molecular weight excluding hydrogens is 449 g/mol. The van der Waals surface area contributed by atoms with Crippen LogP contribution in [0.5, 0.6) is 0 Å². The third-order valence-corrected chi connectivity index (χ3v) is 6.06. The SMILES string of the molecule is NC(=O)c1ccc2nc(-c3ccc(S(=O)(=O)Nc4ccc(Cl)cc4Cl)nc3)[nH]c2c1. The molecule has 0 aliphatic rings. The number of nitrogens with zero attached hydrogens (tertiary/aromatic N) is 2. The molecule has 30 heavy (non-hydrogen) atoms. The van der Waals surface area contributed by atoms with Gasteiger partial charge in [-0.2, -0.15) is 8.42 Å². The van der Waals surface area contributed by atoms with Gasteiger partial charge in [-0.05, 0) is 48.5 Å². The number of rotatable bonds is 5. The Bertz CT molecular complexity index is 1390. The molecule has 1 amide bonds. The van der Waals surface area contributed by atoms with Crippen LogP contribution in [0.3, 0.4) is 0 Å². The number of pyridine rings is 1. The highest BCUT2D eigenvalue weighted by Crippen LogP contribution is 2.28. The standard InChI is InChI=1S/C19H13Cl2N5O3S/c20-12-3-5-14(13(21)8-12)26-30(28,29)17-6-2-11(9-23-17)19-24-15-4-1-10(18(22)27)7-16(15)25-19/h1-9,26H,(H2,22,27)(H,24,25). The predicted octanol–water partition coefficient (Wildman–Crippen LogP) is 3.83. The third-order valence-electron chi connectivity index (χ3n) is 4.23. The maximum atomic E-state index is 12.6. The van der Waals surface area contributed by atoms with E-state index in [1.165, 1.54) is 30.5 Å². The Labute approximate surface area is 181 Å². The predicted molar refractivity (Wildman–Crippen MR) is 115 cm³/mol. The lowest BCUT2D eigenvalue weighted by Crippen LogP contribution is -2.14. The molecular formula is C19H13Cl2N5O3S. The molecule has 0 unspecified atom stereocenters.